The molecule has 0 nitrogen and oxygen atoms in total. The Morgan fingerprint density at radius 2 is 2.50 bits per heavy atom. The number of thioether (sulfide) groups is 1. The molecule has 4 heavy (non-hydrogen) atoms. The molecule has 0 amide bonds. The summed E-state index contributed by atoms with van der Waals surface area (Å²) >= 11 is 1.55. The third kappa shape index (κ3) is 2.35. The van der Waals surface area contributed by atoms with Crippen molar-refractivity contribution in [2.45, 2.75) is 6.92 Å². The van der Waals surface area contributed by atoms with E-state index >= 15 is 0 Å². The number of rotatable bonds is 1. The molecule has 0 heterocycles. The van der Waals surface area contributed by atoms with Gasteiger partial charge in [0.1, 0.15) is 0 Å². The predicted molar refractivity (Wildman–Crippen MR) is 24.1 cm³/mol. The van der Waals surface area contributed by atoms with Crippen LogP contribution in [0.4, 0.5) is 0 Å². The average Bonchev–Trinajstić information content (AvgIpc) is 1.38. The summed E-state index contributed by atoms with van der Waals surface area (Å²) < 4.78 is 6.79. The van der Waals surface area contributed by atoms with Crippen LogP contribution in [0.5, 0.6) is 0 Å². The second-order valence-electron chi connectivity index (χ2n) is 0.471. The van der Waals surface area contributed by atoms with Crippen molar-refractivity contribution < 1.29 is 1.37 Å². The monoisotopic (exact) mass is 77.0 g/mol. The lowest BCUT2D eigenvalue weighted by Crippen LogP contribution is -1.52. The summed E-state index contributed by atoms with van der Waals surface area (Å²) in [6, 6.07) is 0. The van der Waals surface area contributed by atoms with E-state index in [0.717, 1.165) is 0 Å². The first-order valence-corrected chi connectivity index (χ1v) is 2.51. The van der Waals surface area contributed by atoms with Crippen molar-refractivity contribution in [3.63, 3.8) is 0 Å². The second-order valence-corrected chi connectivity index (χ2v) is 1.41. The lowest BCUT2D eigenvalue weighted by molar-refractivity contribution is 1.53. The SMILES string of the molecule is [2H]C(C)SC. The Labute approximate surface area is 33.0 Å². The Hall–Kier alpha value is 0.350. The summed E-state index contributed by atoms with van der Waals surface area (Å²) in [6.45, 7) is 1.85. The first-order chi connectivity index (χ1) is 2.27. The predicted octanol–water partition coefficient (Wildman–Crippen LogP) is 1.37. The largest absolute Gasteiger partial charge is 0.166 e. The van der Waals surface area contributed by atoms with Gasteiger partial charge in [-0.1, -0.05) is 6.92 Å². The molecule has 0 saturated carbocycles. The normalized spacial score (nSPS) is 19.0. The first-order valence-electron chi connectivity index (χ1n) is 1.80. The van der Waals surface area contributed by atoms with Gasteiger partial charge in [-0.15, -0.1) is 0 Å². The molecule has 0 aromatic heterocycles. The highest BCUT2D eigenvalue weighted by Gasteiger charge is 1.55. The molecule has 1 unspecified atom stereocenters. The molecule has 0 bridgehead atoms. The maximum absolute atomic E-state index is 6.79. The minimum atomic E-state index is 0.0509. The third-order valence-electron chi connectivity index (χ3n) is 0.236. The molecule has 0 saturated heterocycles. The number of hydrogen-bond donors (Lipinski definition) is 0. The summed E-state index contributed by atoms with van der Waals surface area (Å²) in [6.07, 6.45) is 1.93. The van der Waals surface area contributed by atoms with Crippen LogP contribution in [-0.2, 0) is 0 Å². The molecule has 0 radical (unpaired) electrons. The van der Waals surface area contributed by atoms with E-state index < -0.39 is 0 Å². The molecule has 0 aliphatic carbocycles. The zero-order valence-electron chi connectivity index (χ0n) is 3.99. The maximum Gasteiger partial charge on any atom is 0.0377 e. The van der Waals surface area contributed by atoms with Gasteiger partial charge in [-0.25, -0.2) is 0 Å². The zero-order chi connectivity index (χ0) is 4.28. The minimum Gasteiger partial charge on any atom is -0.166 e. The van der Waals surface area contributed by atoms with Crippen molar-refractivity contribution >= 4 is 11.8 Å². The van der Waals surface area contributed by atoms with Gasteiger partial charge in [0.2, 0.25) is 0 Å². The van der Waals surface area contributed by atoms with Gasteiger partial charge in [0.15, 0.2) is 0 Å². The van der Waals surface area contributed by atoms with Crippen LogP contribution in [-0.4, -0.2) is 12.0 Å². The molecule has 1 atom stereocenters. The van der Waals surface area contributed by atoms with Gasteiger partial charge in [0.25, 0.3) is 0 Å². The summed E-state index contributed by atoms with van der Waals surface area (Å²) in [5, 5.41) is 0. The Morgan fingerprint density at radius 3 is 2.50 bits per heavy atom. The molecule has 0 aromatic rings. The number of hydrogen-bond acceptors (Lipinski definition) is 1. The Kier molecular flexibility index (Phi) is 2.16. The van der Waals surface area contributed by atoms with Crippen LogP contribution >= 0.6 is 11.8 Å². The summed E-state index contributed by atoms with van der Waals surface area (Å²) in [5.74, 6) is 0. The van der Waals surface area contributed by atoms with Gasteiger partial charge in [-0.2, -0.15) is 11.8 Å². The van der Waals surface area contributed by atoms with E-state index in [1.165, 1.54) is 0 Å². The fraction of sp³-hybridized carbons (Fsp3) is 1.00. The van der Waals surface area contributed by atoms with Crippen molar-refractivity contribution in [3.05, 3.63) is 0 Å². The van der Waals surface area contributed by atoms with Gasteiger partial charge in [-0.05, 0) is 12.0 Å². The fourth-order valence-electron chi connectivity index (χ4n) is 0. The molecule has 0 fully saturated rings. The fourth-order valence-corrected chi connectivity index (χ4v) is 0. The van der Waals surface area contributed by atoms with E-state index in [1.54, 1.807) is 11.8 Å². The Bertz CT molecular complexity index is 20.9. The van der Waals surface area contributed by atoms with Crippen LogP contribution < -0.4 is 0 Å². The molecule has 1 heteroatoms. The van der Waals surface area contributed by atoms with E-state index in [9.17, 15) is 0 Å². The molecule has 0 aliphatic heterocycles. The lowest BCUT2D eigenvalue weighted by atomic mass is 11.0. The van der Waals surface area contributed by atoms with Crippen LogP contribution in [0.2, 0.25) is 0 Å². The van der Waals surface area contributed by atoms with Crippen LogP contribution in [0, 0.1) is 0 Å². The summed E-state index contributed by atoms with van der Waals surface area (Å²) in [7, 11) is 0. The van der Waals surface area contributed by atoms with Crippen molar-refractivity contribution in [2.75, 3.05) is 12.0 Å². The molecule has 0 N–H and O–H groups in total. The van der Waals surface area contributed by atoms with Crippen LogP contribution in [0.1, 0.15) is 8.29 Å². The van der Waals surface area contributed by atoms with E-state index in [0.29, 0.717) is 0 Å². The lowest BCUT2D eigenvalue weighted by Gasteiger charge is -1.69. The molecule has 26 valence electrons. The first kappa shape index (κ1) is 2.58. The third-order valence-corrected chi connectivity index (χ3v) is 0.707. The zero-order valence-corrected chi connectivity index (χ0v) is 3.80. The van der Waals surface area contributed by atoms with E-state index in [-0.39, 0.29) is 5.73 Å². The topological polar surface area (TPSA) is 0 Å². The molecule has 0 spiro atoms. The Morgan fingerprint density at radius 1 is 2.25 bits per heavy atom. The van der Waals surface area contributed by atoms with Crippen LogP contribution in [0.3, 0.4) is 0 Å². The molecular weight excluding hydrogens is 68.1 g/mol. The highest BCUT2D eigenvalue weighted by atomic mass is 32.2. The highest BCUT2D eigenvalue weighted by Crippen LogP contribution is 1.83. The second kappa shape index (κ2) is 3.35. The van der Waals surface area contributed by atoms with Crippen molar-refractivity contribution in [1.82, 2.24) is 0 Å². The summed E-state index contributed by atoms with van der Waals surface area (Å²) in [4.78, 5) is 0. The van der Waals surface area contributed by atoms with Gasteiger partial charge in [-0.3, -0.25) is 0 Å². The van der Waals surface area contributed by atoms with Crippen LogP contribution in [0.15, 0.2) is 0 Å². The quantitative estimate of drug-likeness (QED) is 0.455. The van der Waals surface area contributed by atoms with Crippen LogP contribution in [0.25, 0.3) is 0 Å². The van der Waals surface area contributed by atoms with Gasteiger partial charge >= 0.3 is 0 Å². The highest BCUT2D eigenvalue weighted by molar-refractivity contribution is 7.98. The average molecular weight is 77.2 g/mol. The standard InChI is InChI=1S/C3H8S/c1-3-4-2/h3H2,1-2H3/i3D. The van der Waals surface area contributed by atoms with Crippen molar-refractivity contribution in [2.24, 2.45) is 0 Å². The van der Waals surface area contributed by atoms with E-state index in [2.05, 4.69) is 0 Å². The van der Waals surface area contributed by atoms with Crippen molar-refractivity contribution in [3.8, 4) is 0 Å². The van der Waals surface area contributed by atoms with Crippen molar-refractivity contribution in [1.29, 1.82) is 0 Å². The van der Waals surface area contributed by atoms with Gasteiger partial charge in [0.05, 0.1) is 0 Å². The van der Waals surface area contributed by atoms with E-state index in [4.69, 9.17) is 1.37 Å². The smallest absolute Gasteiger partial charge is 0.0377 e. The van der Waals surface area contributed by atoms with E-state index in [1.807, 2.05) is 13.2 Å². The molecule has 0 aromatic carbocycles. The maximum atomic E-state index is 6.79. The Balaban J connectivity index is 2.54. The molecule has 0 rings (SSSR count). The summed E-state index contributed by atoms with van der Waals surface area (Å²) in [5.41, 5.74) is 0.0509. The molecular formula is C3H8S. The molecule has 0 aliphatic rings. The minimum absolute atomic E-state index is 0.0509. The van der Waals surface area contributed by atoms with Gasteiger partial charge < -0.3 is 0 Å². The van der Waals surface area contributed by atoms with Gasteiger partial charge in [0, 0.05) is 1.37 Å².